The fourth-order valence-electron chi connectivity index (χ4n) is 2.75. The molecule has 0 fully saturated rings. The van der Waals surface area contributed by atoms with E-state index >= 15 is 0 Å². The molecule has 3 aromatic carbocycles. The quantitative estimate of drug-likeness (QED) is 0.377. The smallest absolute Gasteiger partial charge is 0.307 e. The highest BCUT2D eigenvalue weighted by atomic mass is 79.9. The summed E-state index contributed by atoms with van der Waals surface area (Å²) in [6.45, 7) is 0. The van der Waals surface area contributed by atoms with Gasteiger partial charge >= 0.3 is 5.91 Å². The number of phenols is 1. The highest BCUT2D eigenvalue weighted by molar-refractivity contribution is 9.10. The number of nitrogens with one attached hydrogen (secondary N) is 1. The Balaban J connectivity index is 1.59. The predicted octanol–water partition coefficient (Wildman–Crippen LogP) is 4.82. The molecule has 0 unspecified atom stereocenters. The lowest BCUT2D eigenvalue weighted by atomic mass is 10.1. The highest BCUT2D eigenvalue weighted by Gasteiger charge is 2.13. The first-order valence-corrected chi connectivity index (χ1v) is 8.64. The number of carbonyl (C=O) groups excluding carboxylic acids is 1. The topological polar surface area (TPSA) is 74.8 Å². The van der Waals surface area contributed by atoms with Crippen LogP contribution in [0.3, 0.4) is 0 Å². The second kappa shape index (κ2) is 6.65. The normalized spacial score (nSPS) is 11.4. The fraction of sp³-hybridized carbons (Fsp3) is 0. The Morgan fingerprint density at radius 1 is 1.08 bits per heavy atom. The molecule has 0 spiro atoms. The number of fused-ring (bicyclic) bond motifs is 3. The summed E-state index contributed by atoms with van der Waals surface area (Å²) in [6, 6.07) is 18.4. The number of amides is 1. The van der Waals surface area contributed by atoms with Crippen molar-refractivity contribution in [1.29, 1.82) is 0 Å². The van der Waals surface area contributed by atoms with Gasteiger partial charge in [-0.25, -0.2) is 5.43 Å². The van der Waals surface area contributed by atoms with E-state index in [4.69, 9.17) is 4.42 Å². The number of halogens is 1. The first-order valence-electron chi connectivity index (χ1n) is 7.85. The van der Waals surface area contributed by atoms with E-state index in [1.165, 1.54) is 12.3 Å². The summed E-state index contributed by atoms with van der Waals surface area (Å²) in [5.41, 5.74) is 3.54. The zero-order valence-electron chi connectivity index (χ0n) is 13.4. The molecule has 0 saturated carbocycles. The number of furan rings is 1. The van der Waals surface area contributed by atoms with Crippen molar-refractivity contribution < 1.29 is 14.3 Å². The van der Waals surface area contributed by atoms with Gasteiger partial charge in [0.25, 0.3) is 0 Å². The predicted molar refractivity (Wildman–Crippen MR) is 105 cm³/mol. The maximum atomic E-state index is 12.3. The average molecular weight is 409 g/mol. The lowest BCUT2D eigenvalue weighted by Gasteiger charge is -1.99. The van der Waals surface area contributed by atoms with Crippen LogP contribution in [-0.2, 0) is 0 Å². The molecule has 4 rings (SSSR count). The van der Waals surface area contributed by atoms with E-state index < -0.39 is 5.91 Å². The molecule has 0 aliphatic heterocycles. The summed E-state index contributed by atoms with van der Waals surface area (Å²) in [4.78, 5) is 12.3. The summed E-state index contributed by atoms with van der Waals surface area (Å²) in [6.07, 6.45) is 1.37. The molecular formula is C20H13BrN2O3. The molecule has 4 aromatic rings. The lowest BCUT2D eigenvalue weighted by molar-refractivity contribution is 0.0929. The number of phenolic OH excluding ortho intramolecular Hbond substituents is 1. The van der Waals surface area contributed by atoms with Gasteiger partial charge in [0, 0.05) is 15.4 Å². The van der Waals surface area contributed by atoms with E-state index in [9.17, 15) is 9.90 Å². The van der Waals surface area contributed by atoms with E-state index in [0.29, 0.717) is 11.1 Å². The summed E-state index contributed by atoms with van der Waals surface area (Å²) in [7, 11) is 0. The Morgan fingerprint density at radius 3 is 2.81 bits per heavy atom. The van der Waals surface area contributed by atoms with Crippen LogP contribution in [0.5, 0.6) is 5.75 Å². The van der Waals surface area contributed by atoms with Gasteiger partial charge in [-0.1, -0.05) is 46.3 Å². The largest absolute Gasteiger partial charge is 0.507 e. The summed E-state index contributed by atoms with van der Waals surface area (Å²) in [5.74, 6) is -0.218. The van der Waals surface area contributed by atoms with Crippen LogP contribution in [0.4, 0.5) is 0 Å². The van der Waals surface area contributed by atoms with Gasteiger partial charge in [-0.2, -0.15) is 5.10 Å². The Morgan fingerprint density at radius 2 is 1.92 bits per heavy atom. The van der Waals surface area contributed by atoms with Crippen LogP contribution in [0.25, 0.3) is 21.7 Å². The third-order valence-electron chi connectivity index (χ3n) is 4.01. The molecule has 2 N–H and O–H groups in total. The molecule has 0 aliphatic carbocycles. The number of carbonyl (C=O) groups is 1. The fourth-order valence-corrected chi connectivity index (χ4v) is 3.13. The molecule has 1 amide bonds. The van der Waals surface area contributed by atoms with Crippen molar-refractivity contribution in [2.45, 2.75) is 0 Å². The second-order valence-electron chi connectivity index (χ2n) is 5.71. The van der Waals surface area contributed by atoms with Crippen LogP contribution < -0.4 is 5.43 Å². The van der Waals surface area contributed by atoms with Crippen molar-refractivity contribution in [3.8, 4) is 5.75 Å². The Labute approximate surface area is 157 Å². The zero-order chi connectivity index (χ0) is 18.1. The van der Waals surface area contributed by atoms with E-state index in [-0.39, 0.29) is 11.5 Å². The maximum Gasteiger partial charge on any atom is 0.307 e. The molecule has 0 radical (unpaired) electrons. The minimum Gasteiger partial charge on any atom is -0.507 e. The van der Waals surface area contributed by atoms with Gasteiger partial charge in [-0.3, -0.25) is 4.79 Å². The minimum atomic E-state index is -0.462. The molecule has 1 aromatic heterocycles. The average Bonchev–Trinajstić information content (AvgIpc) is 3.09. The van der Waals surface area contributed by atoms with Crippen molar-refractivity contribution in [2.75, 3.05) is 0 Å². The van der Waals surface area contributed by atoms with Crippen LogP contribution in [0.15, 0.2) is 74.7 Å². The van der Waals surface area contributed by atoms with Gasteiger partial charge in [0.2, 0.25) is 0 Å². The number of rotatable bonds is 3. The first-order chi connectivity index (χ1) is 12.6. The summed E-state index contributed by atoms with van der Waals surface area (Å²) < 4.78 is 6.44. The van der Waals surface area contributed by atoms with Crippen LogP contribution in [-0.4, -0.2) is 17.2 Å². The van der Waals surface area contributed by atoms with Gasteiger partial charge in [-0.15, -0.1) is 0 Å². The van der Waals surface area contributed by atoms with Crippen LogP contribution in [0, 0.1) is 0 Å². The minimum absolute atomic E-state index is 0.0707. The molecule has 0 bridgehead atoms. The van der Waals surface area contributed by atoms with Crippen molar-refractivity contribution >= 4 is 49.8 Å². The molecule has 0 saturated heterocycles. The van der Waals surface area contributed by atoms with E-state index in [1.807, 2.05) is 36.4 Å². The Hall–Kier alpha value is -3.12. The number of hydrogen-bond donors (Lipinski definition) is 2. The number of nitrogens with zero attached hydrogens (tertiary/aromatic N) is 1. The Bertz CT molecular complexity index is 1160. The van der Waals surface area contributed by atoms with Crippen molar-refractivity contribution in [1.82, 2.24) is 5.43 Å². The third-order valence-corrected chi connectivity index (χ3v) is 4.50. The molecule has 0 aliphatic rings. The van der Waals surface area contributed by atoms with Crippen LogP contribution in [0.2, 0.25) is 0 Å². The summed E-state index contributed by atoms with van der Waals surface area (Å²) >= 11 is 3.32. The molecule has 26 heavy (non-hydrogen) atoms. The molecule has 0 atom stereocenters. The zero-order valence-corrected chi connectivity index (χ0v) is 15.0. The van der Waals surface area contributed by atoms with Crippen molar-refractivity contribution in [3.63, 3.8) is 0 Å². The summed E-state index contributed by atoms with van der Waals surface area (Å²) in [5, 5.41) is 16.6. The van der Waals surface area contributed by atoms with Gasteiger partial charge < -0.3 is 9.52 Å². The third kappa shape index (κ3) is 3.07. The first kappa shape index (κ1) is 16.4. The number of hydrogen-bond acceptors (Lipinski definition) is 4. The van der Waals surface area contributed by atoms with Crippen molar-refractivity contribution in [3.05, 3.63) is 76.5 Å². The molecule has 1 heterocycles. The van der Waals surface area contributed by atoms with Crippen LogP contribution >= 0.6 is 15.9 Å². The number of hydrazone groups is 1. The standard InChI is InChI=1S/C20H13BrN2O3/c21-14-6-7-17(24)13(9-14)11-22-23-20(25)19-10-16-15-4-2-1-3-12(15)5-8-18(16)26-19/h1-11,24H,(H,23,25)/b22-11-. The molecule has 6 heteroatoms. The Kier molecular flexibility index (Phi) is 4.18. The van der Waals surface area contributed by atoms with Gasteiger partial charge in [0.05, 0.1) is 6.21 Å². The number of benzene rings is 3. The van der Waals surface area contributed by atoms with Crippen LogP contribution in [0.1, 0.15) is 16.1 Å². The molecule has 128 valence electrons. The highest BCUT2D eigenvalue weighted by Crippen LogP contribution is 2.28. The SMILES string of the molecule is O=C(N/N=C\c1cc(Br)ccc1O)c1cc2c(ccc3ccccc32)o1. The monoisotopic (exact) mass is 408 g/mol. The number of aromatic hydroxyl groups is 1. The van der Waals surface area contributed by atoms with Crippen molar-refractivity contribution in [2.24, 2.45) is 5.10 Å². The maximum absolute atomic E-state index is 12.3. The van der Waals surface area contributed by atoms with Gasteiger partial charge in [-0.05, 0) is 41.1 Å². The second-order valence-corrected chi connectivity index (χ2v) is 6.63. The van der Waals surface area contributed by atoms with E-state index in [1.54, 1.807) is 18.2 Å². The lowest BCUT2D eigenvalue weighted by Crippen LogP contribution is -2.16. The van der Waals surface area contributed by atoms with E-state index in [0.717, 1.165) is 20.6 Å². The van der Waals surface area contributed by atoms with Gasteiger partial charge in [0.15, 0.2) is 5.76 Å². The molecule has 5 nitrogen and oxygen atoms in total. The molecular weight excluding hydrogens is 396 g/mol. The van der Waals surface area contributed by atoms with Gasteiger partial charge in [0.1, 0.15) is 11.3 Å². The van der Waals surface area contributed by atoms with E-state index in [2.05, 4.69) is 26.5 Å².